The zero-order valence-electron chi connectivity index (χ0n) is 9.77. The van der Waals surface area contributed by atoms with Gasteiger partial charge in [0.15, 0.2) is 0 Å². The van der Waals surface area contributed by atoms with Crippen LogP contribution in [0.25, 0.3) is 0 Å². The maximum atomic E-state index is 8.93. The van der Waals surface area contributed by atoms with Crippen LogP contribution in [0.15, 0.2) is 10.7 Å². The minimum absolute atomic E-state index is 0.253. The first-order valence-electron chi connectivity index (χ1n) is 5.67. The molecule has 1 aromatic heterocycles. The topological polar surface area (TPSA) is 58.5 Å². The summed E-state index contributed by atoms with van der Waals surface area (Å²) in [6.45, 7) is 2.10. The zero-order chi connectivity index (χ0) is 12.3. The van der Waals surface area contributed by atoms with Gasteiger partial charge in [0.1, 0.15) is 0 Å². The van der Waals surface area contributed by atoms with Crippen molar-refractivity contribution in [1.29, 1.82) is 0 Å². The Morgan fingerprint density at radius 1 is 1.65 bits per heavy atom. The van der Waals surface area contributed by atoms with Crippen LogP contribution in [0.2, 0.25) is 0 Å². The molecule has 0 amide bonds. The predicted molar refractivity (Wildman–Crippen MR) is 68.3 cm³/mol. The van der Waals surface area contributed by atoms with Crippen LogP contribution in [-0.2, 0) is 0 Å². The van der Waals surface area contributed by atoms with E-state index >= 15 is 0 Å². The molecule has 0 spiro atoms. The number of aliphatic hydroxyl groups excluding tert-OH is 1. The summed E-state index contributed by atoms with van der Waals surface area (Å²) in [5.41, 5.74) is 0. The van der Waals surface area contributed by atoms with E-state index in [0.29, 0.717) is 17.7 Å². The number of rotatable bonds is 4. The van der Waals surface area contributed by atoms with Gasteiger partial charge in [0.25, 0.3) is 0 Å². The number of aromatic nitrogens is 2. The molecule has 5 nitrogen and oxygen atoms in total. The van der Waals surface area contributed by atoms with E-state index in [1.807, 2.05) is 0 Å². The summed E-state index contributed by atoms with van der Waals surface area (Å²) in [6.07, 6.45) is 3.65. The van der Waals surface area contributed by atoms with E-state index in [1.54, 1.807) is 13.3 Å². The lowest BCUT2D eigenvalue weighted by atomic mass is 10.1. The van der Waals surface area contributed by atoms with Crippen molar-refractivity contribution in [3.8, 4) is 5.88 Å². The number of aliphatic hydroxyl groups is 1. The third kappa shape index (κ3) is 2.87. The second-order valence-electron chi connectivity index (χ2n) is 4.14. The van der Waals surface area contributed by atoms with Crippen LogP contribution in [0.5, 0.6) is 5.88 Å². The summed E-state index contributed by atoms with van der Waals surface area (Å²) in [6, 6.07) is 0. The smallest absolute Gasteiger partial charge is 0.232 e. The van der Waals surface area contributed by atoms with Crippen LogP contribution in [0.4, 0.5) is 5.95 Å². The van der Waals surface area contributed by atoms with Gasteiger partial charge in [-0.05, 0) is 34.7 Å². The highest BCUT2D eigenvalue weighted by Crippen LogP contribution is 2.27. The average molecular weight is 302 g/mol. The first-order valence-corrected chi connectivity index (χ1v) is 6.46. The van der Waals surface area contributed by atoms with Crippen molar-refractivity contribution in [2.24, 2.45) is 5.92 Å². The van der Waals surface area contributed by atoms with Crippen molar-refractivity contribution in [3.05, 3.63) is 10.7 Å². The van der Waals surface area contributed by atoms with Gasteiger partial charge >= 0.3 is 0 Å². The number of nitrogens with zero attached hydrogens (tertiary/aromatic N) is 3. The first-order chi connectivity index (χ1) is 8.24. The number of ether oxygens (including phenoxy) is 1. The summed E-state index contributed by atoms with van der Waals surface area (Å²) in [7, 11) is 1.59. The molecule has 1 aliphatic rings. The van der Waals surface area contributed by atoms with Crippen molar-refractivity contribution in [3.63, 3.8) is 0 Å². The fourth-order valence-electron chi connectivity index (χ4n) is 2.07. The maximum absolute atomic E-state index is 8.93. The zero-order valence-corrected chi connectivity index (χ0v) is 11.4. The van der Waals surface area contributed by atoms with Gasteiger partial charge in [-0.3, -0.25) is 0 Å². The minimum atomic E-state index is 0.253. The number of hydrogen-bond acceptors (Lipinski definition) is 5. The molecule has 17 heavy (non-hydrogen) atoms. The number of methoxy groups -OCH3 is 1. The monoisotopic (exact) mass is 301 g/mol. The molecule has 2 rings (SSSR count). The first kappa shape index (κ1) is 12.6. The van der Waals surface area contributed by atoms with Crippen LogP contribution in [0, 0.1) is 5.92 Å². The van der Waals surface area contributed by atoms with Crippen molar-refractivity contribution in [1.82, 2.24) is 9.97 Å². The molecule has 1 fully saturated rings. The van der Waals surface area contributed by atoms with Crippen molar-refractivity contribution >= 4 is 21.9 Å². The molecule has 0 bridgehead atoms. The molecule has 1 saturated heterocycles. The summed E-state index contributed by atoms with van der Waals surface area (Å²) in [5.74, 6) is 1.80. The van der Waals surface area contributed by atoms with Crippen molar-refractivity contribution < 1.29 is 9.84 Å². The van der Waals surface area contributed by atoms with Crippen molar-refractivity contribution in [2.75, 3.05) is 31.7 Å². The molecular weight excluding hydrogens is 286 g/mol. The highest BCUT2D eigenvalue weighted by atomic mass is 79.9. The van der Waals surface area contributed by atoms with Gasteiger partial charge in [-0.15, -0.1) is 0 Å². The SMILES string of the molecule is COc1nc(N2CCC(CCO)C2)ncc1Br. The predicted octanol–water partition coefficient (Wildman–Crippen LogP) is 1.46. The molecule has 1 atom stereocenters. The fourth-order valence-corrected chi connectivity index (χ4v) is 2.42. The molecule has 1 aromatic rings. The molecule has 0 radical (unpaired) electrons. The lowest BCUT2D eigenvalue weighted by molar-refractivity contribution is 0.263. The van der Waals surface area contributed by atoms with Gasteiger partial charge in [-0.1, -0.05) is 0 Å². The quantitative estimate of drug-likeness (QED) is 0.912. The van der Waals surface area contributed by atoms with Gasteiger partial charge in [0.05, 0.1) is 17.8 Å². The number of hydrogen-bond donors (Lipinski definition) is 1. The van der Waals surface area contributed by atoms with E-state index in [9.17, 15) is 0 Å². The van der Waals surface area contributed by atoms with E-state index < -0.39 is 0 Å². The molecule has 1 aliphatic heterocycles. The Morgan fingerprint density at radius 2 is 2.47 bits per heavy atom. The largest absolute Gasteiger partial charge is 0.480 e. The number of anilines is 1. The number of halogens is 1. The Kier molecular flexibility index (Phi) is 4.17. The molecule has 0 saturated carbocycles. The van der Waals surface area contributed by atoms with E-state index in [-0.39, 0.29) is 6.61 Å². The molecule has 94 valence electrons. The molecule has 1 N–H and O–H groups in total. The Balaban J connectivity index is 2.08. The Labute approximate surface area is 109 Å². The summed E-state index contributed by atoms with van der Waals surface area (Å²) in [4.78, 5) is 10.8. The van der Waals surface area contributed by atoms with Gasteiger partial charge in [-0.25, -0.2) is 4.98 Å². The maximum Gasteiger partial charge on any atom is 0.232 e. The van der Waals surface area contributed by atoms with Crippen LogP contribution in [-0.4, -0.2) is 41.9 Å². The summed E-state index contributed by atoms with van der Waals surface area (Å²) >= 11 is 3.33. The molecule has 2 heterocycles. The van der Waals surface area contributed by atoms with E-state index in [0.717, 1.165) is 30.4 Å². The van der Waals surface area contributed by atoms with Crippen LogP contribution >= 0.6 is 15.9 Å². The third-order valence-corrected chi connectivity index (χ3v) is 3.54. The Hall–Kier alpha value is -0.880. The minimum Gasteiger partial charge on any atom is -0.480 e. The lowest BCUT2D eigenvalue weighted by Crippen LogP contribution is -2.22. The summed E-state index contributed by atoms with van der Waals surface area (Å²) in [5, 5.41) is 8.93. The standard InChI is InChI=1S/C11H16BrN3O2/c1-17-10-9(12)6-13-11(14-10)15-4-2-8(7-15)3-5-16/h6,8,16H,2-5,7H2,1H3. The molecule has 0 aliphatic carbocycles. The van der Waals surface area contributed by atoms with E-state index in [4.69, 9.17) is 9.84 Å². The van der Waals surface area contributed by atoms with Crippen LogP contribution in [0.1, 0.15) is 12.8 Å². The Bertz CT molecular complexity index is 389. The van der Waals surface area contributed by atoms with Gasteiger partial charge in [-0.2, -0.15) is 4.98 Å². The van der Waals surface area contributed by atoms with Crippen LogP contribution < -0.4 is 9.64 Å². The van der Waals surface area contributed by atoms with Crippen molar-refractivity contribution in [2.45, 2.75) is 12.8 Å². The fraction of sp³-hybridized carbons (Fsp3) is 0.636. The third-order valence-electron chi connectivity index (χ3n) is 3.00. The molecular formula is C11H16BrN3O2. The lowest BCUT2D eigenvalue weighted by Gasteiger charge is -2.16. The van der Waals surface area contributed by atoms with Gasteiger partial charge < -0.3 is 14.7 Å². The highest BCUT2D eigenvalue weighted by Gasteiger charge is 2.24. The molecule has 6 heteroatoms. The van der Waals surface area contributed by atoms with Gasteiger partial charge in [0.2, 0.25) is 11.8 Å². The normalized spacial score (nSPS) is 19.7. The Morgan fingerprint density at radius 3 is 3.18 bits per heavy atom. The molecule has 1 unspecified atom stereocenters. The van der Waals surface area contributed by atoms with Gasteiger partial charge in [0, 0.05) is 19.7 Å². The summed E-state index contributed by atoms with van der Waals surface area (Å²) < 4.78 is 5.91. The average Bonchev–Trinajstić information content (AvgIpc) is 2.79. The van der Waals surface area contributed by atoms with Crippen LogP contribution in [0.3, 0.4) is 0 Å². The van der Waals surface area contributed by atoms with E-state index in [2.05, 4.69) is 30.8 Å². The molecule has 0 aromatic carbocycles. The van der Waals surface area contributed by atoms with E-state index in [1.165, 1.54) is 0 Å². The second-order valence-corrected chi connectivity index (χ2v) is 4.99. The highest BCUT2D eigenvalue weighted by molar-refractivity contribution is 9.10. The second kappa shape index (κ2) is 5.64.